The maximum absolute atomic E-state index is 12.8. The molecule has 0 saturated heterocycles. The lowest BCUT2D eigenvalue weighted by molar-refractivity contribution is -0.156. The van der Waals surface area contributed by atoms with Gasteiger partial charge in [-0.3, -0.25) is 9.69 Å². The van der Waals surface area contributed by atoms with E-state index >= 15 is 0 Å². The summed E-state index contributed by atoms with van der Waals surface area (Å²) in [5.74, 6) is -1.86. The van der Waals surface area contributed by atoms with Crippen LogP contribution in [0, 0.1) is 0 Å². The molecule has 0 aliphatic heterocycles. The van der Waals surface area contributed by atoms with Crippen molar-refractivity contribution in [3.05, 3.63) is 0 Å². The molecule has 0 spiro atoms. The summed E-state index contributed by atoms with van der Waals surface area (Å²) in [5, 5.41) is 28.1. The average Bonchev–Trinajstić information content (AvgIpc) is 2.81. The molecule has 0 radical (unpaired) electrons. The van der Waals surface area contributed by atoms with Crippen molar-refractivity contribution in [1.82, 2.24) is 14.7 Å². The zero-order valence-electron chi connectivity index (χ0n) is 21.5. The summed E-state index contributed by atoms with van der Waals surface area (Å²) >= 11 is 0. The van der Waals surface area contributed by atoms with E-state index in [4.69, 9.17) is 9.47 Å². The smallest absolute Gasteiger partial charge is 0.408 e. The third kappa shape index (κ3) is 13.6. The minimum Gasteiger partial charge on any atom is -0.465 e. The third-order valence-electron chi connectivity index (χ3n) is 5.34. The number of unbranched alkanes of at least 4 members (excludes halogenated alkanes) is 3. The van der Waals surface area contributed by atoms with Crippen molar-refractivity contribution in [3.63, 3.8) is 0 Å². The highest BCUT2D eigenvalue weighted by Crippen LogP contribution is 2.12. The Morgan fingerprint density at radius 1 is 0.639 bits per heavy atom. The Labute approximate surface area is 211 Å². The summed E-state index contributed by atoms with van der Waals surface area (Å²) < 4.78 is 10.2. The Balaban J connectivity index is 5.19. The van der Waals surface area contributed by atoms with Crippen LogP contribution < -0.4 is 0 Å². The van der Waals surface area contributed by atoms with E-state index in [1.807, 2.05) is 20.8 Å². The lowest BCUT2D eigenvalue weighted by Crippen LogP contribution is -2.47. The van der Waals surface area contributed by atoms with Crippen LogP contribution in [0.2, 0.25) is 0 Å². The van der Waals surface area contributed by atoms with Gasteiger partial charge in [-0.15, -0.1) is 0 Å². The van der Waals surface area contributed by atoms with Gasteiger partial charge in [-0.05, 0) is 19.3 Å². The number of rotatable bonds is 19. The molecule has 0 aromatic carbocycles. The molecule has 0 aliphatic carbocycles. The first kappa shape index (κ1) is 32.8. The van der Waals surface area contributed by atoms with Gasteiger partial charge in [-0.1, -0.05) is 40.0 Å². The van der Waals surface area contributed by atoms with Crippen LogP contribution in [0.3, 0.4) is 0 Å². The van der Waals surface area contributed by atoms with E-state index in [1.165, 1.54) is 0 Å². The Bertz CT molecular complexity index is 704. The van der Waals surface area contributed by atoms with Gasteiger partial charge in [-0.2, -0.15) is 0 Å². The molecule has 13 heteroatoms. The van der Waals surface area contributed by atoms with E-state index in [0.29, 0.717) is 25.7 Å². The van der Waals surface area contributed by atoms with E-state index in [2.05, 4.69) is 0 Å². The third-order valence-corrected chi connectivity index (χ3v) is 5.34. The molecule has 1 unspecified atom stereocenters. The minimum atomic E-state index is -1.48. The SMILES string of the molecule is CCCCN(CCOC(=O)CC(C(=O)OCCN(CCCC)C(=O)O)N(CCCC)C(=O)O)C(=O)O. The highest BCUT2D eigenvalue weighted by molar-refractivity contribution is 5.86. The van der Waals surface area contributed by atoms with Crippen molar-refractivity contribution in [2.24, 2.45) is 0 Å². The van der Waals surface area contributed by atoms with E-state index in [-0.39, 0.29) is 45.9 Å². The van der Waals surface area contributed by atoms with Crippen LogP contribution >= 0.6 is 0 Å². The second kappa shape index (κ2) is 19.0. The molecule has 208 valence electrons. The number of ether oxygens (including phenoxy) is 2. The van der Waals surface area contributed by atoms with Crippen molar-refractivity contribution >= 4 is 30.2 Å². The highest BCUT2D eigenvalue weighted by atomic mass is 16.5. The molecule has 0 aromatic rings. The predicted molar refractivity (Wildman–Crippen MR) is 129 cm³/mol. The lowest BCUT2D eigenvalue weighted by Gasteiger charge is -2.28. The molecule has 0 aliphatic rings. The number of amides is 3. The van der Waals surface area contributed by atoms with Gasteiger partial charge < -0.3 is 34.6 Å². The number of hydrogen-bond acceptors (Lipinski definition) is 7. The largest absolute Gasteiger partial charge is 0.465 e. The average molecular weight is 520 g/mol. The van der Waals surface area contributed by atoms with Crippen LogP contribution in [0.25, 0.3) is 0 Å². The zero-order chi connectivity index (χ0) is 27.5. The molecule has 0 heterocycles. The second-order valence-corrected chi connectivity index (χ2v) is 8.18. The molecule has 0 bridgehead atoms. The fraction of sp³-hybridized carbons (Fsp3) is 0.783. The van der Waals surface area contributed by atoms with Gasteiger partial charge in [-0.25, -0.2) is 19.2 Å². The first-order valence-corrected chi connectivity index (χ1v) is 12.4. The van der Waals surface area contributed by atoms with Crippen molar-refractivity contribution in [1.29, 1.82) is 0 Å². The van der Waals surface area contributed by atoms with Gasteiger partial charge >= 0.3 is 30.2 Å². The van der Waals surface area contributed by atoms with Gasteiger partial charge in [0.15, 0.2) is 0 Å². The van der Waals surface area contributed by atoms with Crippen molar-refractivity contribution in [3.8, 4) is 0 Å². The number of carboxylic acid groups (broad SMARTS) is 3. The second-order valence-electron chi connectivity index (χ2n) is 8.18. The minimum absolute atomic E-state index is 0.0135. The van der Waals surface area contributed by atoms with Crippen molar-refractivity contribution < 1.29 is 48.8 Å². The maximum atomic E-state index is 12.8. The molecule has 3 amide bonds. The fourth-order valence-corrected chi connectivity index (χ4v) is 3.18. The van der Waals surface area contributed by atoms with Crippen LogP contribution in [0.4, 0.5) is 14.4 Å². The van der Waals surface area contributed by atoms with Crippen LogP contribution in [0.5, 0.6) is 0 Å². The van der Waals surface area contributed by atoms with Gasteiger partial charge in [0.1, 0.15) is 19.3 Å². The number of carbonyl (C=O) groups excluding carboxylic acids is 2. The topological polar surface area (TPSA) is 174 Å². The molecule has 36 heavy (non-hydrogen) atoms. The highest BCUT2D eigenvalue weighted by Gasteiger charge is 2.33. The molecule has 0 fully saturated rings. The van der Waals surface area contributed by atoms with Crippen LogP contribution in [0.15, 0.2) is 0 Å². The van der Waals surface area contributed by atoms with Crippen LogP contribution in [-0.2, 0) is 19.1 Å². The Kier molecular flexibility index (Phi) is 17.3. The van der Waals surface area contributed by atoms with E-state index in [0.717, 1.165) is 27.5 Å². The Hall–Kier alpha value is -3.25. The van der Waals surface area contributed by atoms with Crippen LogP contribution in [-0.4, -0.2) is 112 Å². The van der Waals surface area contributed by atoms with Gasteiger partial charge in [0.2, 0.25) is 0 Å². The normalized spacial score (nSPS) is 11.3. The number of nitrogens with zero attached hydrogens (tertiary/aromatic N) is 3. The van der Waals surface area contributed by atoms with E-state index in [1.54, 1.807) is 0 Å². The Morgan fingerprint density at radius 2 is 1.08 bits per heavy atom. The number of hydrogen-bond donors (Lipinski definition) is 3. The van der Waals surface area contributed by atoms with E-state index < -0.39 is 42.7 Å². The van der Waals surface area contributed by atoms with E-state index in [9.17, 15) is 39.3 Å². The van der Waals surface area contributed by atoms with Gasteiger partial charge in [0.05, 0.1) is 19.5 Å². The van der Waals surface area contributed by atoms with Crippen molar-refractivity contribution in [2.45, 2.75) is 71.8 Å². The number of esters is 2. The molecule has 3 N–H and O–H groups in total. The van der Waals surface area contributed by atoms with Crippen molar-refractivity contribution in [2.75, 3.05) is 45.9 Å². The Morgan fingerprint density at radius 3 is 1.50 bits per heavy atom. The molecular weight excluding hydrogens is 478 g/mol. The van der Waals surface area contributed by atoms with Gasteiger partial charge in [0, 0.05) is 19.6 Å². The first-order chi connectivity index (χ1) is 17.1. The maximum Gasteiger partial charge on any atom is 0.408 e. The summed E-state index contributed by atoms with van der Waals surface area (Å²) in [6.45, 7) is 5.50. The zero-order valence-corrected chi connectivity index (χ0v) is 21.5. The standard InChI is InChI=1S/C23H41N3O10/c1-4-7-10-24(21(29)30)13-15-35-19(27)17-18(26(23(33)34)12-9-6-3)20(28)36-16-14-25(22(31)32)11-8-5-2/h18H,4-17H2,1-3H3,(H,29,30)(H,31,32)(H,33,34). The molecule has 0 saturated carbocycles. The first-order valence-electron chi connectivity index (χ1n) is 12.4. The molecular formula is C23H41N3O10. The van der Waals surface area contributed by atoms with Gasteiger partial charge in [0.25, 0.3) is 0 Å². The summed E-state index contributed by atoms with van der Waals surface area (Å²) in [6, 6.07) is -1.48. The summed E-state index contributed by atoms with van der Waals surface area (Å²) in [7, 11) is 0. The predicted octanol–water partition coefficient (Wildman–Crippen LogP) is 3.17. The number of carbonyl (C=O) groups is 5. The summed E-state index contributed by atoms with van der Waals surface area (Å²) in [5.41, 5.74) is 0. The fourth-order valence-electron chi connectivity index (χ4n) is 3.18. The summed E-state index contributed by atoms with van der Waals surface area (Å²) in [4.78, 5) is 62.6. The molecule has 1 atom stereocenters. The van der Waals surface area contributed by atoms with Crippen LogP contribution in [0.1, 0.15) is 65.7 Å². The molecule has 0 aromatic heterocycles. The molecule has 0 rings (SSSR count). The molecule has 13 nitrogen and oxygen atoms in total. The quantitative estimate of drug-likeness (QED) is 0.215. The summed E-state index contributed by atoms with van der Waals surface area (Å²) in [6.07, 6.45) is -0.395. The monoisotopic (exact) mass is 519 g/mol. The lowest BCUT2D eigenvalue weighted by atomic mass is 10.1.